The van der Waals surface area contributed by atoms with Crippen LogP contribution in [0.15, 0.2) is 35.3 Å². The molecular weight excluding hydrogens is 274 g/mol. The van der Waals surface area contributed by atoms with Crippen molar-refractivity contribution >= 4 is 5.69 Å². The number of nitrogens with zero attached hydrogens (tertiary/aromatic N) is 2. The maximum absolute atomic E-state index is 12.3. The largest absolute Gasteiger partial charge is 0.370 e. The highest BCUT2D eigenvalue weighted by Crippen LogP contribution is 2.31. The van der Waals surface area contributed by atoms with Crippen molar-refractivity contribution in [2.75, 3.05) is 18.0 Å². The molecule has 2 heterocycles. The Hall–Kier alpha value is -2.10. The van der Waals surface area contributed by atoms with Gasteiger partial charge < -0.3 is 4.90 Å². The van der Waals surface area contributed by atoms with E-state index in [1.165, 1.54) is 18.4 Å². The zero-order chi connectivity index (χ0) is 15.7. The fourth-order valence-electron chi connectivity index (χ4n) is 3.00. The smallest absolute Gasteiger partial charge is 0.274 e. The molecule has 22 heavy (non-hydrogen) atoms. The van der Waals surface area contributed by atoms with Gasteiger partial charge in [-0.15, -0.1) is 0 Å². The van der Waals surface area contributed by atoms with Gasteiger partial charge in [0.15, 0.2) is 0 Å². The molecular formula is C18H23N3O. The molecule has 0 amide bonds. The fourth-order valence-corrected chi connectivity index (χ4v) is 3.00. The lowest BCUT2D eigenvalue weighted by molar-refractivity contribution is 0.590. The van der Waals surface area contributed by atoms with Crippen LogP contribution in [0.2, 0.25) is 0 Å². The lowest BCUT2D eigenvalue weighted by Crippen LogP contribution is -2.23. The third kappa shape index (κ3) is 2.78. The van der Waals surface area contributed by atoms with Crippen LogP contribution in [0.4, 0.5) is 5.69 Å². The summed E-state index contributed by atoms with van der Waals surface area (Å²) in [7, 11) is 0. The van der Waals surface area contributed by atoms with Crippen molar-refractivity contribution in [3.8, 4) is 11.1 Å². The molecule has 1 N–H and O–H groups in total. The van der Waals surface area contributed by atoms with Crippen molar-refractivity contribution < 1.29 is 0 Å². The highest BCUT2D eigenvalue weighted by atomic mass is 16.1. The molecule has 1 aromatic heterocycles. The van der Waals surface area contributed by atoms with Crippen LogP contribution in [0.3, 0.4) is 0 Å². The Morgan fingerprint density at radius 2 is 1.73 bits per heavy atom. The number of aromatic nitrogens is 2. The summed E-state index contributed by atoms with van der Waals surface area (Å²) in [5.74, 6) is 0. The third-order valence-electron chi connectivity index (χ3n) is 4.32. The number of hydrogen-bond acceptors (Lipinski definition) is 3. The number of nitrogens with one attached hydrogen (secondary N) is 1. The molecule has 116 valence electrons. The molecule has 0 radical (unpaired) electrons. The highest BCUT2D eigenvalue weighted by Gasteiger charge is 2.20. The number of rotatable bonds is 2. The first-order valence-corrected chi connectivity index (χ1v) is 7.90. The monoisotopic (exact) mass is 297 g/mol. The molecule has 1 saturated heterocycles. The number of benzene rings is 1. The Labute approximate surface area is 131 Å². The van der Waals surface area contributed by atoms with Gasteiger partial charge >= 0.3 is 0 Å². The Morgan fingerprint density at radius 3 is 2.32 bits per heavy atom. The van der Waals surface area contributed by atoms with Gasteiger partial charge in [0.25, 0.3) is 5.56 Å². The summed E-state index contributed by atoms with van der Waals surface area (Å²) in [6.07, 6.45) is 4.13. The molecule has 1 aliphatic rings. The van der Waals surface area contributed by atoms with Crippen LogP contribution in [0, 0.1) is 0 Å². The fraction of sp³-hybridized carbons (Fsp3) is 0.444. The first kappa shape index (κ1) is 14.8. The topological polar surface area (TPSA) is 49.0 Å². The van der Waals surface area contributed by atoms with E-state index in [1.54, 1.807) is 6.20 Å². The van der Waals surface area contributed by atoms with Crippen LogP contribution < -0.4 is 10.5 Å². The number of aromatic amines is 1. The minimum atomic E-state index is -0.118. The van der Waals surface area contributed by atoms with Gasteiger partial charge in [0.1, 0.15) is 0 Å². The Bertz CT molecular complexity index is 704. The SMILES string of the molecule is CC(C)(C)c1ccc(-c2c(N3CCCC3)cn[nH]c2=O)cc1. The zero-order valence-corrected chi connectivity index (χ0v) is 13.5. The standard InChI is InChI=1S/C18H23N3O/c1-18(2,3)14-8-6-13(7-9-14)16-15(12-19-20-17(16)22)21-10-4-5-11-21/h6-9,12H,4-5,10-11H2,1-3H3,(H,20,22). The first-order chi connectivity index (χ1) is 10.5. The average Bonchev–Trinajstić information content (AvgIpc) is 3.00. The van der Waals surface area contributed by atoms with E-state index < -0.39 is 0 Å². The van der Waals surface area contributed by atoms with Crippen LogP contribution in [0.5, 0.6) is 0 Å². The van der Waals surface area contributed by atoms with Gasteiger partial charge in [0.05, 0.1) is 17.4 Å². The summed E-state index contributed by atoms with van der Waals surface area (Å²) in [6.45, 7) is 8.57. The second-order valence-corrected chi connectivity index (χ2v) is 6.98. The lowest BCUT2D eigenvalue weighted by Gasteiger charge is -2.21. The van der Waals surface area contributed by atoms with Gasteiger partial charge in [0.2, 0.25) is 0 Å². The van der Waals surface area contributed by atoms with E-state index in [0.717, 1.165) is 29.9 Å². The molecule has 0 atom stereocenters. The van der Waals surface area contributed by atoms with E-state index in [0.29, 0.717) is 0 Å². The van der Waals surface area contributed by atoms with Crippen molar-refractivity contribution in [3.05, 3.63) is 46.4 Å². The second-order valence-electron chi connectivity index (χ2n) is 6.98. The molecule has 2 aromatic rings. The normalized spacial score (nSPS) is 15.3. The van der Waals surface area contributed by atoms with E-state index in [4.69, 9.17) is 0 Å². The summed E-state index contributed by atoms with van der Waals surface area (Å²) in [5.41, 5.74) is 3.90. The predicted octanol–water partition coefficient (Wildman–Crippen LogP) is 3.33. The van der Waals surface area contributed by atoms with Crippen molar-refractivity contribution in [3.63, 3.8) is 0 Å². The van der Waals surface area contributed by atoms with Crippen molar-refractivity contribution in [1.82, 2.24) is 10.2 Å². The van der Waals surface area contributed by atoms with E-state index in [1.807, 2.05) is 12.1 Å². The quantitative estimate of drug-likeness (QED) is 0.925. The molecule has 0 spiro atoms. The predicted molar refractivity (Wildman–Crippen MR) is 90.4 cm³/mol. The van der Waals surface area contributed by atoms with Crippen molar-refractivity contribution in [2.24, 2.45) is 0 Å². The highest BCUT2D eigenvalue weighted by molar-refractivity contribution is 5.77. The summed E-state index contributed by atoms with van der Waals surface area (Å²) < 4.78 is 0. The van der Waals surface area contributed by atoms with E-state index in [-0.39, 0.29) is 11.0 Å². The molecule has 4 nitrogen and oxygen atoms in total. The maximum atomic E-state index is 12.3. The van der Waals surface area contributed by atoms with Crippen LogP contribution in [-0.2, 0) is 5.41 Å². The minimum Gasteiger partial charge on any atom is -0.370 e. The number of anilines is 1. The van der Waals surface area contributed by atoms with E-state index in [2.05, 4.69) is 48.0 Å². The molecule has 4 heteroatoms. The van der Waals surface area contributed by atoms with Gasteiger partial charge in [0, 0.05) is 13.1 Å². The van der Waals surface area contributed by atoms with Gasteiger partial charge in [-0.2, -0.15) is 5.10 Å². The third-order valence-corrected chi connectivity index (χ3v) is 4.32. The molecule has 0 saturated carbocycles. The van der Waals surface area contributed by atoms with Crippen LogP contribution in [0.1, 0.15) is 39.2 Å². The molecule has 0 bridgehead atoms. The minimum absolute atomic E-state index is 0.112. The number of hydrogen-bond donors (Lipinski definition) is 1. The van der Waals surface area contributed by atoms with Gasteiger partial charge in [-0.25, -0.2) is 5.10 Å². The zero-order valence-electron chi connectivity index (χ0n) is 13.5. The van der Waals surface area contributed by atoms with E-state index in [9.17, 15) is 4.79 Å². The Morgan fingerprint density at radius 1 is 1.09 bits per heavy atom. The summed E-state index contributed by atoms with van der Waals surface area (Å²) in [4.78, 5) is 14.6. The van der Waals surface area contributed by atoms with Gasteiger partial charge in [-0.05, 0) is 29.4 Å². The van der Waals surface area contributed by atoms with Crippen molar-refractivity contribution in [2.45, 2.75) is 39.0 Å². The molecule has 1 aliphatic heterocycles. The molecule has 0 aliphatic carbocycles. The van der Waals surface area contributed by atoms with E-state index >= 15 is 0 Å². The average molecular weight is 297 g/mol. The lowest BCUT2D eigenvalue weighted by atomic mass is 9.86. The Balaban J connectivity index is 2.06. The number of H-pyrrole nitrogens is 1. The molecule has 1 aromatic carbocycles. The van der Waals surface area contributed by atoms with Gasteiger partial charge in [-0.1, -0.05) is 45.0 Å². The molecule has 1 fully saturated rings. The Kier molecular flexibility index (Phi) is 3.77. The van der Waals surface area contributed by atoms with Crippen LogP contribution >= 0.6 is 0 Å². The van der Waals surface area contributed by atoms with Crippen LogP contribution in [0.25, 0.3) is 11.1 Å². The molecule has 0 unspecified atom stereocenters. The summed E-state index contributed by atoms with van der Waals surface area (Å²) >= 11 is 0. The van der Waals surface area contributed by atoms with Gasteiger partial charge in [-0.3, -0.25) is 4.79 Å². The molecule has 3 rings (SSSR count). The van der Waals surface area contributed by atoms with Crippen LogP contribution in [-0.4, -0.2) is 23.3 Å². The summed E-state index contributed by atoms with van der Waals surface area (Å²) in [5, 5.41) is 6.57. The maximum Gasteiger partial charge on any atom is 0.274 e. The summed E-state index contributed by atoms with van der Waals surface area (Å²) in [6, 6.07) is 8.32. The van der Waals surface area contributed by atoms with Crippen molar-refractivity contribution in [1.29, 1.82) is 0 Å². The first-order valence-electron chi connectivity index (χ1n) is 7.90. The second kappa shape index (κ2) is 5.59.